The Bertz CT molecular complexity index is 357. The number of anilines is 1. The molecule has 0 aromatic heterocycles. The Labute approximate surface area is 105 Å². The molecule has 0 bridgehead atoms. The first-order valence-electron chi connectivity index (χ1n) is 5.28. The molecule has 1 rings (SSSR count). The van der Waals surface area contributed by atoms with Crippen LogP contribution in [0.4, 0.5) is 5.69 Å². The van der Waals surface area contributed by atoms with E-state index in [9.17, 15) is 4.79 Å². The molecule has 0 aliphatic heterocycles. The lowest BCUT2D eigenvalue weighted by Crippen LogP contribution is -2.34. The topological polar surface area (TPSA) is 41.1 Å². The Morgan fingerprint density at radius 1 is 1.38 bits per heavy atom. The van der Waals surface area contributed by atoms with Crippen molar-refractivity contribution in [2.24, 2.45) is 0 Å². The van der Waals surface area contributed by atoms with Crippen molar-refractivity contribution >= 4 is 27.5 Å². The van der Waals surface area contributed by atoms with Crippen LogP contribution in [-0.4, -0.2) is 18.5 Å². The van der Waals surface area contributed by atoms with Gasteiger partial charge in [-0.1, -0.05) is 15.9 Å². The Hall–Kier alpha value is -1.03. The summed E-state index contributed by atoms with van der Waals surface area (Å²) >= 11 is 3.42. The zero-order valence-electron chi connectivity index (χ0n) is 9.80. The van der Waals surface area contributed by atoms with E-state index in [-0.39, 0.29) is 11.9 Å². The molecule has 1 amide bonds. The standard InChI is InChI=1S/C12H17BrN2O/c1-8(2)15-12(16)7-14-11-5-9(3)4-10(13)6-11/h4-6,8,14H,7H2,1-3H3,(H,15,16). The Kier molecular flexibility index (Phi) is 4.80. The third-order valence-electron chi connectivity index (χ3n) is 1.94. The quantitative estimate of drug-likeness (QED) is 0.893. The van der Waals surface area contributed by atoms with Crippen LogP contribution in [0.5, 0.6) is 0 Å². The number of amides is 1. The van der Waals surface area contributed by atoms with E-state index in [1.165, 1.54) is 0 Å². The van der Waals surface area contributed by atoms with Crippen molar-refractivity contribution in [3.05, 3.63) is 28.2 Å². The first-order valence-corrected chi connectivity index (χ1v) is 6.07. The van der Waals surface area contributed by atoms with Gasteiger partial charge in [0.1, 0.15) is 0 Å². The van der Waals surface area contributed by atoms with Crippen LogP contribution >= 0.6 is 15.9 Å². The van der Waals surface area contributed by atoms with Gasteiger partial charge in [0, 0.05) is 16.2 Å². The van der Waals surface area contributed by atoms with Crippen molar-refractivity contribution in [2.75, 3.05) is 11.9 Å². The predicted molar refractivity (Wildman–Crippen MR) is 70.6 cm³/mol. The zero-order chi connectivity index (χ0) is 12.1. The fraction of sp³-hybridized carbons (Fsp3) is 0.417. The molecule has 0 atom stereocenters. The number of aryl methyl sites for hydroxylation is 1. The van der Waals surface area contributed by atoms with Gasteiger partial charge in [0.15, 0.2) is 0 Å². The van der Waals surface area contributed by atoms with Gasteiger partial charge < -0.3 is 10.6 Å². The van der Waals surface area contributed by atoms with E-state index in [4.69, 9.17) is 0 Å². The van der Waals surface area contributed by atoms with E-state index < -0.39 is 0 Å². The van der Waals surface area contributed by atoms with Crippen LogP contribution in [0.25, 0.3) is 0 Å². The van der Waals surface area contributed by atoms with Crippen molar-refractivity contribution in [3.63, 3.8) is 0 Å². The van der Waals surface area contributed by atoms with Crippen LogP contribution in [0.15, 0.2) is 22.7 Å². The van der Waals surface area contributed by atoms with Crippen molar-refractivity contribution in [1.29, 1.82) is 0 Å². The monoisotopic (exact) mass is 284 g/mol. The minimum atomic E-state index is 0.00706. The largest absolute Gasteiger partial charge is 0.376 e. The first kappa shape index (κ1) is 13.0. The summed E-state index contributed by atoms with van der Waals surface area (Å²) in [7, 11) is 0. The number of carbonyl (C=O) groups is 1. The molecule has 1 aromatic carbocycles. The Balaban J connectivity index is 2.51. The molecule has 0 spiro atoms. The highest BCUT2D eigenvalue weighted by atomic mass is 79.9. The van der Waals surface area contributed by atoms with E-state index in [1.807, 2.05) is 39.0 Å². The Morgan fingerprint density at radius 3 is 2.62 bits per heavy atom. The van der Waals surface area contributed by atoms with Gasteiger partial charge in [0.2, 0.25) is 5.91 Å². The van der Waals surface area contributed by atoms with Crippen molar-refractivity contribution < 1.29 is 4.79 Å². The van der Waals surface area contributed by atoms with Crippen LogP contribution in [0.1, 0.15) is 19.4 Å². The molecule has 0 aliphatic carbocycles. The molecule has 0 unspecified atom stereocenters. The number of benzene rings is 1. The summed E-state index contributed by atoms with van der Waals surface area (Å²) in [4.78, 5) is 11.4. The van der Waals surface area contributed by atoms with Crippen LogP contribution in [-0.2, 0) is 4.79 Å². The van der Waals surface area contributed by atoms with E-state index in [2.05, 4.69) is 26.6 Å². The lowest BCUT2D eigenvalue weighted by Gasteiger charge is -2.10. The van der Waals surface area contributed by atoms with Gasteiger partial charge in [0.05, 0.1) is 6.54 Å². The lowest BCUT2D eigenvalue weighted by atomic mass is 10.2. The van der Waals surface area contributed by atoms with Crippen LogP contribution < -0.4 is 10.6 Å². The van der Waals surface area contributed by atoms with E-state index in [0.717, 1.165) is 15.7 Å². The van der Waals surface area contributed by atoms with Crippen molar-refractivity contribution in [3.8, 4) is 0 Å². The molecule has 88 valence electrons. The summed E-state index contributed by atoms with van der Waals surface area (Å²) < 4.78 is 1.01. The lowest BCUT2D eigenvalue weighted by molar-refractivity contribution is -0.119. The average Bonchev–Trinajstić information content (AvgIpc) is 2.12. The van der Waals surface area contributed by atoms with Gasteiger partial charge in [-0.3, -0.25) is 4.79 Å². The van der Waals surface area contributed by atoms with Crippen LogP contribution in [0.2, 0.25) is 0 Å². The molecule has 3 nitrogen and oxygen atoms in total. The highest BCUT2D eigenvalue weighted by Gasteiger charge is 2.03. The summed E-state index contributed by atoms with van der Waals surface area (Å²) in [5.74, 6) is 0.00706. The average molecular weight is 285 g/mol. The van der Waals surface area contributed by atoms with Gasteiger partial charge in [-0.05, 0) is 44.5 Å². The van der Waals surface area contributed by atoms with Crippen molar-refractivity contribution in [1.82, 2.24) is 5.32 Å². The molecule has 16 heavy (non-hydrogen) atoms. The fourth-order valence-corrected chi connectivity index (χ4v) is 2.00. The summed E-state index contributed by atoms with van der Waals surface area (Å²) in [6.07, 6.45) is 0. The number of rotatable bonds is 4. The first-order chi connectivity index (χ1) is 7.47. The molecule has 0 heterocycles. The maximum absolute atomic E-state index is 11.4. The highest BCUT2D eigenvalue weighted by molar-refractivity contribution is 9.10. The molecule has 0 radical (unpaired) electrons. The van der Waals surface area contributed by atoms with Crippen molar-refractivity contribution in [2.45, 2.75) is 26.8 Å². The molecule has 1 aromatic rings. The number of nitrogens with one attached hydrogen (secondary N) is 2. The fourth-order valence-electron chi connectivity index (χ4n) is 1.39. The SMILES string of the molecule is Cc1cc(Br)cc(NCC(=O)NC(C)C)c1. The normalized spacial score (nSPS) is 10.3. The Morgan fingerprint density at radius 2 is 2.06 bits per heavy atom. The molecule has 2 N–H and O–H groups in total. The van der Waals surface area contributed by atoms with Crippen LogP contribution in [0, 0.1) is 6.92 Å². The second-order valence-corrected chi connectivity index (χ2v) is 5.01. The van der Waals surface area contributed by atoms with Gasteiger partial charge >= 0.3 is 0 Å². The third-order valence-corrected chi connectivity index (χ3v) is 2.40. The summed E-state index contributed by atoms with van der Waals surface area (Å²) in [5, 5.41) is 5.92. The molecule has 0 aliphatic rings. The predicted octanol–water partition coefficient (Wildman–Crippen LogP) is 2.69. The summed E-state index contributed by atoms with van der Waals surface area (Å²) in [6, 6.07) is 6.17. The minimum absolute atomic E-state index is 0.00706. The van der Waals surface area contributed by atoms with E-state index >= 15 is 0 Å². The van der Waals surface area contributed by atoms with Gasteiger partial charge in [-0.25, -0.2) is 0 Å². The van der Waals surface area contributed by atoms with Gasteiger partial charge in [0.25, 0.3) is 0 Å². The molecule has 0 saturated carbocycles. The molecule has 0 saturated heterocycles. The summed E-state index contributed by atoms with van der Waals surface area (Å²) in [5.41, 5.74) is 2.10. The van der Waals surface area contributed by atoms with Crippen LogP contribution in [0.3, 0.4) is 0 Å². The second-order valence-electron chi connectivity index (χ2n) is 4.09. The maximum atomic E-state index is 11.4. The molecular weight excluding hydrogens is 268 g/mol. The number of carbonyl (C=O) groups excluding carboxylic acids is 1. The molecular formula is C12H17BrN2O. The van der Waals surface area contributed by atoms with Gasteiger partial charge in [-0.2, -0.15) is 0 Å². The third kappa shape index (κ3) is 4.66. The van der Waals surface area contributed by atoms with Gasteiger partial charge in [-0.15, -0.1) is 0 Å². The summed E-state index contributed by atoms with van der Waals surface area (Å²) in [6.45, 7) is 6.21. The smallest absolute Gasteiger partial charge is 0.239 e. The minimum Gasteiger partial charge on any atom is -0.376 e. The second kappa shape index (κ2) is 5.89. The molecule has 4 heteroatoms. The zero-order valence-corrected chi connectivity index (χ0v) is 11.4. The van der Waals surface area contributed by atoms with E-state index in [0.29, 0.717) is 6.54 Å². The maximum Gasteiger partial charge on any atom is 0.239 e. The highest BCUT2D eigenvalue weighted by Crippen LogP contribution is 2.18. The molecule has 0 fully saturated rings. The number of hydrogen-bond acceptors (Lipinski definition) is 2. The number of halogens is 1. The number of hydrogen-bond donors (Lipinski definition) is 2. The van der Waals surface area contributed by atoms with E-state index in [1.54, 1.807) is 0 Å².